The second-order valence-electron chi connectivity index (χ2n) is 5.27. The number of rotatable bonds is 7. The molecule has 0 aliphatic heterocycles. The summed E-state index contributed by atoms with van der Waals surface area (Å²) in [6, 6.07) is 6.97. The molecule has 3 aromatic rings. The quantitative estimate of drug-likeness (QED) is 0.413. The zero-order valence-corrected chi connectivity index (χ0v) is 14.7. The van der Waals surface area contributed by atoms with Crippen molar-refractivity contribution < 1.29 is 14.6 Å². The smallest absolute Gasteiger partial charge is 0.262 e. The summed E-state index contributed by atoms with van der Waals surface area (Å²) in [7, 11) is 1.57. The number of benzene rings is 1. The van der Waals surface area contributed by atoms with E-state index < -0.39 is 0 Å². The summed E-state index contributed by atoms with van der Waals surface area (Å²) < 4.78 is 6.52. The van der Waals surface area contributed by atoms with Crippen LogP contribution in [0.1, 0.15) is 0 Å². The molecule has 3 N–H and O–H groups in total. The Bertz CT molecular complexity index is 967. The summed E-state index contributed by atoms with van der Waals surface area (Å²) in [5.41, 5.74) is 0.687. The van der Waals surface area contributed by atoms with Gasteiger partial charge in [0.25, 0.3) is 5.56 Å². The van der Waals surface area contributed by atoms with Crippen LogP contribution in [0, 0.1) is 0 Å². The molecule has 0 aliphatic carbocycles. The van der Waals surface area contributed by atoms with Gasteiger partial charge in [-0.25, -0.2) is 9.67 Å². The van der Waals surface area contributed by atoms with Crippen molar-refractivity contribution in [3.8, 4) is 5.75 Å². The number of amides is 1. The normalized spacial score (nSPS) is 10.8. The van der Waals surface area contributed by atoms with Crippen molar-refractivity contribution in [2.75, 3.05) is 24.8 Å². The lowest BCUT2D eigenvalue weighted by Crippen LogP contribution is -2.16. The fraction of sp³-hybridized carbons (Fsp3) is 0.250. The van der Waals surface area contributed by atoms with Crippen molar-refractivity contribution in [2.24, 2.45) is 0 Å². The molecule has 0 saturated heterocycles. The van der Waals surface area contributed by atoms with Crippen molar-refractivity contribution >= 4 is 34.4 Å². The van der Waals surface area contributed by atoms with Crippen LogP contribution >= 0.6 is 11.8 Å². The van der Waals surface area contributed by atoms with Crippen LogP contribution in [0.15, 0.2) is 40.4 Å². The molecule has 9 nitrogen and oxygen atoms in total. The third-order valence-corrected chi connectivity index (χ3v) is 4.38. The topological polar surface area (TPSA) is 122 Å². The minimum absolute atomic E-state index is 0.0780. The summed E-state index contributed by atoms with van der Waals surface area (Å²) >= 11 is 1.11. The van der Waals surface area contributed by atoms with Crippen LogP contribution in [-0.2, 0) is 11.3 Å². The minimum Gasteiger partial charge on any atom is -0.497 e. The average Bonchev–Trinajstić information content (AvgIpc) is 3.04. The highest BCUT2D eigenvalue weighted by atomic mass is 32.2. The third-order valence-electron chi connectivity index (χ3n) is 3.51. The second kappa shape index (κ2) is 8.02. The number of aliphatic hydroxyl groups is 1. The van der Waals surface area contributed by atoms with Crippen molar-refractivity contribution in [2.45, 2.75) is 11.7 Å². The number of hydrogen-bond acceptors (Lipinski definition) is 7. The molecule has 2 heterocycles. The number of carbonyl (C=O) groups is 1. The number of fused-ring (bicyclic) bond motifs is 1. The summed E-state index contributed by atoms with van der Waals surface area (Å²) in [4.78, 5) is 31.1. The first-order chi connectivity index (χ1) is 12.6. The SMILES string of the molecule is COc1ccc(NC(=O)CSc2nc3c(cnn3CCO)c(=O)[nH]2)cc1. The molecule has 3 rings (SSSR count). The fourth-order valence-corrected chi connectivity index (χ4v) is 2.93. The van der Waals surface area contributed by atoms with Gasteiger partial charge in [-0.3, -0.25) is 9.59 Å². The number of H-pyrrole nitrogens is 1. The second-order valence-corrected chi connectivity index (χ2v) is 6.23. The van der Waals surface area contributed by atoms with Gasteiger partial charge in [-0.05, 0) is 24.3 Å². The van der Waals surface area contributed by atoms with Gasteiger partial charge < -0.3 is 20.1 Å². The van der Waals surface area contributed by atoms with Crippen LogP contribution in [0.5, 0.6) is 5.75 Å². The van der Waals surface area contributed by atoms with Gasteiger partial charge in [-0.2, -0.15) is 5.10 Å². The van der Waals surface area contributed by atoms with Crippen molar-refractivity contribution in [1.29, 1.82) is 0 Å². The summed E-state index contributed by atoms with van der Waals surface area (Å²) in [5, 5.41) is 16.5. The predicted molar refractivity (Wildman–Crippen MR) is 97.6 cm³/mol. The zero-order valence-electron chi connectivity index (χ0n) is 13.9. The van der Waals surface area contributed by atoms with E-state index in [0.29, 0.717) is 27.6 Å². The predicted octanol–water partition coefficient (Wildman–Crippen LogP) is 0.851. The van der Waals surface area contributed by atoms with Crippen LogP contribution in [-0.4, -0.2) is 50.2 Å². The monoisotopic (exact) mass is 375 g/mol. The van der Waals surface area contributed by atoms with E-state index in [1.807, 2.05) is 0 Å². The molecule has 0 fully saturated rings. The van der Waals surface area contributed by atoms with Gasteiger partial charge in [0.2, 0.25) is 5.91 Å². The summed E-state index contributed by atoms with van der Waals surface area (Å²) in [6.07, 6.45) is 1.40. The van der Waals surface area contributed by atoms with Crippen LogP contribution in [0.2, 0.25) is 0 Å². The van der Waals surface area contributed by atoms with Gasteiger partial charge in [0.15, 0.2) is 10.8 Å². The highest BCUT2D eigenvalue weighted by molar-refractivity contribution is 7.99. The van der Waals surface area contributed by atoms with Crippen LogP contribution in [0.4, 0.5) is 5.69 Å². The molecule has 10 heteroatoms. The first-order valence-corrected chi connectivity index (χ1v) is 8.72. The molecule has 2 aromatic heterocycles. The Morgan fingerprint density at radius 3 is 2.85 bits per heavy atom. The van der Waals surface area contributed by atoms with E-state index in [-0.39, 0.29) is 30.4 Å². The number of ether oxygens (including phenoxy) is 1. The first-order valence-electron chi connectivity index (χ1n) is 7.74. The number of nitrogens with one attached hydrogen (secondary N) is 2. The van der Waals surface area contributed by atoms with Gasteiger partial charge in [-0.1, -0.05) is 11.8 Å². The van der Waals surface area contributed by atoms with Gasteiger partial charge >= 0.3 is 0 Å². The maximum atomic E-state index is 12.1. The molecule has 136 valence electrons. The maximum absolute atomic E-state index is 12.1. The van der Waals surface area contributed by atoms with E-state index in [9.17, 15) is 9.59 Å². The standard InChI is InChI=1S/C16H17N5O4S/c1-25-11-4-2-10(3-5-11)18-13(23)9-26-16-19-14-12(15(24)20-16)8-17-21(14)6-7-22/h2-5,8,22H,6-7,9H2,1H3,(H,18,23)(H,19,20,24). The number of methoxy groups -OCH3 is 1. The van der Waals surface area contributed by atoms with Gasteiger partial charge in [-0.15, -0.1) is 0 Å². The molecule has 0 saturated carbocycles. The summed E-state index contributed by atoms with van der Waals surface area (Å²) in [5.74, 6) is 0.549. The Morgan fingerprint density at radius 1 is 1.38 bits per heavy atom. The molecular weight excluding hydrogens is 358 g/mol. The first kappa shape index (κ1) is 18.0. The Kier molecular flexibility index (Phi) is 5.54. The van der Waals surface area contributed by atoms with Gasteiger partial charge in [0.1, 0.15) is 11.1 Å². The number of anilines is 1. The fourth-order valence-electron chi connectivity index (χ4n) is 2.28. The molecule has 0 spiro atoms. The van der Waals surface area contributed by atoms with Crippen molar-refractivity contribution in [3.05, 3.63) is 40.8 Å². The summed E-state index contributed by atoms with van der Waals surface area (Å²) in [6.45, 7) is 0.125. The lowest BCUT2D eigenvalue weighted by molar-refractivity contribution is -0.113. The Hall–Kier alpha value is -2.85. The average molecular weight is 375 g/mol. The van der Waals surface area contributed by atoms with Crippen LogP contribution < -0.4 is 15.6 Å². The number of carbonyl (C=O) groups excluding carboxylic acids is 1. The van der Waals surface area contributed by atoms with E-state index in [1.165, 1.54) is 10.9 Å². The third kappa shape index (κ3) is 4.03. The maximum Gasteiger partial charge on any atom is 0.262 e. The molecule has 1 aromatic carbocycles. The zero-order chi connectivity index (χ0) is 18.5. The molecule has 0 radical (unpaired) electrons. The number of thioether (sulfide) groups is 1. The van der Waals surface area contributed by atoms with E-state index in [1.54, 1.807) is 31.4 Å². The number of aromatic nitrogens is 4. The Morgan fingerprint density at radius 2 is 2.15 bits per heavy atom. The van der Waals surface area contributed by atoms with E-state index >= 15 is 0 Å². The number of hydrogen-bond donors (Lipinski definition) is 3. The minimum atomic E-state index is -0.336. The lowest BCUT2D eigenvalue weighted by atomic mass is 10.3. The number of aromatic amines is 1. The van der Waals surface area contributed by atoms with Crippen LogP contribution in [0.3, 0.4) is 0 Å². The van der Waals surface area contributed by atoms with E-state index in [0.717, 1.165) is 11.8 Å². The van der Waals surface area contributed by atoms with Crippen molar-refractivity contribution in [1.82, 2.24) is 19.7 Å². The molecule has 1 amide bonds. The van der Waals surface area contributed by atoms with Gasteiger partial charge in [0.05, 0.1) is 32.2 Å². The molecular formula is C16H17N5O4S. The Labute approximate surface area is 152 Å². The van der Waals surface area contributed by atoms with Crippen molar-refractivity contribution in [3.63, 3.8) is 0 Å². The molecule has 26 heavy (non-hydrogen) atoms. The largest absolute Gasteiger partial charge is 0.497 e. The van der Waals surface area contributed by atoms with E-state index in [2.05, 4.69) is 20.4 Å². The van der Waals surface area contributed by atoms with Crippen LogP contribution in [0.25, 0.3) is 11.0 Å². The molecule has 0 atom stereocenters. The van der Waals surface area contributed by atoms with Gasteiger partial charge in [0, 0.05) is 5.69 Å². The van der Waals surface area contributed by atoms with E-state index in [4.69, 9.17) is 9.84 Å². The highest BCUT2D eigenvalue weighted by Gasteiger charge is 2.11. The lowest BCUT2D eigenvalue weighted by Gasteiger charge is -2.06. The Balaban J connectivity index is 1.67. The molecule has 0 unspecified atom stereocenters. The number of nitrogens with zero attached hydrogens (tertiary/aromatic N) is 3. The molecule has 0 aliphatic rings. The highest BCUT2D eigenvalue weighted by Crippen LogP contribution is 2.17. The number of aliphatic hydroxyl groups excluding tert-OH is 1. The molecule has 0 bridgehead atoms.